The molecule has 172 valence electrons. The van der Waals surface area contributed by atoms with Gasteiger partial charge in [0, 0.05) is 23.6 Å². The molecule has 1 amide bonds. The molecule has 2 aromatic carbocycles. The Morgan fingerprint density at radius 3 is 2.41 bits per heavy atom. The van der Waals surface area contributed by atoms with Crippen LogP contribution in [0.3, 0.4) is 0 Å². The maximum absolute atomic E-state index is 12.5. The lowest BCUT2D eigenvalue weighted by atomic mass is 10.1. The standard InChI is InChI=1S/C25H24N6O2S/c1-3-22(18-6-10-21(32)11-7-18)27-28-23(33)16-34-25-30-29-24(19-12-14-26-15-13-19)31(25)20-8-4-17(2)5-9-20/h4-15,32H,3,16H2,1-2H3,(H,28,33). The van der Waals surface area contributed by atoms with E-state index in [1.807, 2.05) is 54.8 Å². The molecule has 34 heavy (non-hydrogen) atoms. The minimum Gasteiger partial charge on any atom is -0.508 e. The number of hydrogen-bond donors (Lipinski definition) is 2. The van der Waals surface area contributed by atoms with Crippen molar-refractivity contribution in [2.45, 2.75) is 25.4 Å². The number of benzene rings is 2. The number of hydrogen-bond acceptors (Lipinski definition) is 7. The maximum Gasteiger partial charge on any atom is 0.250 e. The van der Waals surface area contributed by atoms with Crippen LogP contribution in [0.25, 0.3) is 17.1 Å². The van der Waals surface area contributed by atoms with Crippen molar-refractivity contribution in [3.8, 4) is 22.8 Å². The molecule has 0 saturated heterocycles. The number of rotatable bonds is 8. The van der Waals surface area contributed by atoms with E-state index in [1.165, 1.54) is 11.8 Å². The van der Waals surface area contributed by atoms with Gasteiger partial charge >= 0.3 is 0 Å². The van der Waals surface area contributed by atoms with E-state index in [0.29, 0.717) is 17.4 Å². The van der Waals surface area contributed by atoms with Crippen molar-refractivity contribution in [1.29, 1.82) is 0 Å². The molecule has 8 nitrogen and oxygen atoms in total. The van der Waals surface area contributed by atoms with Gasteiger partial charge in [0.15, 0.2) is 11.0 Å². The summed E-state index contributed by atoms with van der Waals surface area (Å²) >= 11 is 1.29. The number of thioether (sulfide) groups is 1. The molecule has 0 unspecified atom stereocenters. The van der Waals surface area contributed by atoms with Crippen molar-refractivity contribution in [2.75, 3.05) is 5.75 Å². The molecular weight excluding hydrogens is 448 g/mol. The third kappa shape index (κ3) is 5.49. The van der Waals surface area contributed by atoms with Crippen LogP contribution in [0.2, 0.25) is 0 Å². The van der Waals surface area contributed by atoms with Crippen LogP contribution in [-0.4, -0.2) is 42.2 Å². The highest BCUT2D eigenvalue weighted by molar-refractivity contribution is 7.99. The minimum atomic E-state index is -0.251. The largest absolute Gasteiger partial charge is 0.508 e. The molecule has 0 bridgehead atoms. The first-order chi connectivity index (χ1) is 16.5. The summed E-state index contributed by atoms with van der Waals surface area (Å²) in [5.74, 6) is 0.728. The molecule has 0 spiro atoms. The minimum absolute atomic E-state index is 0.121. The Labute approximate surface area is 201 Å². The molecule has 2 aromatic heterocycles. The summed E-state index contributed by atoms with van der Waals surface area (Å²) in [5, 5.41) is 23.1. The van der Waals surface area contributed by atoms with E-state index >= 15 is 0 Å². The van der Waals surface area contributed by atoms with Crippen molar-refractivity contribution in [1.82, 2.24) is 25.2 Å². The van der Waals surface area contributed by atoms with E-state index in [4.69, 9.17) is 0 Å². The topological polar surface area (TPSA) is 105 Å². The number of carbonyl (C=O) groups excluding carboxylic acids is 1. The number of phenols is 1. The van der Waals surface area contributed by atoms with E-state index in [1.54, 1.807) is 36.7 Å². The zero-order valence-electron chi connectivity index (χ0n) is 18.8. The predicted octanol–water partition coefficient (Wildman–Crippen LogP) is 4.37. The molecule has 0 aliphatic heterocycles. The van der Waals surface area contributed by atoms with Crippen LogP contribution in [0, 0.1) is 6.92 Å². The van der Waals surface area contributed by atoms with E-state index < -0.39 is 0 Å². The van der Waals surface area contributed by atoms with Crippen LogP contribution >= 0.6 is 11.8 Å². The molecule has 2 heterocycles. The summed E-state index contributed by atoms with van der Waals surface area (Å²) in [7, 11) is 0. The van der Waals surface area contributed by atoms with Gasteiger partial charge in [-0.15, -0.1) is 10.2 Å². The number of amides is 1. The molecule has 0 aliphatic rings. The second-order valence-corrected chi connectivity index (χ2v) is 8.44. The molecule has 4 rings (SSSR count). The third-order valence-corrected chi connectivity index (χ3v) is 5.98. The lowest BCUT2D eigenvalue weighted by Gasteiger charge is -2.10. The predicted molar refractivity (Wildman–Crippen MR) is 133 cm³/mol. The van der Waals surface area contributed by atoms with Gasteiger partial charge in [-0.25, -0.2) is 5.43 Å². The van der Waals surface area contributed by atoms with Crippen molar-refractivity contribution in [2.24, 2.45) is 5.10 Å². The van der Waals surface area contributed by atoms with Gasteiger partial charge in [0.25, 0.3) is 5.91 Å². The molecular formula is C25H24N6O2S. The van der Waals surface area contributed by atoms with Gasteiger partial charge < -0.3 is 5.11 Å². The fraction of sp³-hybridized carbons (Fsp3) is 0.160. The average molecular weight is 473 g/mol. The zero-order valence-corrected chi connectivity index (χ0v) is 19.7. The first-order valence-electron chi connectivity index (χ1n) is 10.8. The van der Waals surface area contributed by atoms with E-state index in [-0.39, 0.29) is 17.4 Å². The Bertz CT molecular complexity index is 1290. The van der Waals surface area contributed by atoms with Gasteiger partial charge in [-0.2, -0.15) is 5.10 Å². The number of nitrogens with one attached hydrogen (secondary N) is 1. The molecule has 4 aromatic rings. The number of aromatic nitrogens is 4. The van der Waals surface area contributed by atoms with Gasteiger partial charge in [-0.05, 0) is 67.4 Å². The molecule has 0 atom stereocenters. The quantitative estimate of drug-likeness (QED) is 0.224. The zero-order chi connectivity index (χ0) is 23.9. The number of aromatic hydroxyl groups is 1. The smallest absolute Gasteiger partial charge is 0.250 e. The highest BCUT2D eigenvalue weighted by Crippen LogP contribution is 2.27. The summed E-state index contributed by atoms with van der Waals surface area (Å²) in [6, 6.07) is 18.5. The molecule has 0 fully saturated rings. The van der Waals surface area contributed by atoms with E-state index in [0.717, 1.165) is 28.1 Å². The van der Waals surface area contributed by atoms with Gasteiger partial charge in [-0.3, -0.25) is 14.3 Å². The van der Waals surface area contributed by atoms with Crippen LogP contribution in [-0.2, 0) is 4.79 Å². The molecule has 9 heteroatoms. The second kappa shape index (κ2) is 10.8. The Morgan fingerprint density at radius 2 is 1.74 bits per heavy atom. The van der Waals surface area contributed by atoms with Crippen LogP contribution < -0.4 is 5.43 Å². The van der Waals surface area contributed by atoms with Crippen molar-refractivity contribution < 1.29 is 9.90 Å². The highest BCUT2D eigenvalue weighted by atomic mass is 32.2. The number of aryl methyl sites for hydroxylation is 1. The van der Waals surface area contributed by atoms with Gasteiger partial charge in [-0.1, -0.05) is 36.4 Å². The van der Waals surface area contributed by atoms with Gasteiger partial charge in [0.1, 0.15) is 5.75 Å². The lowest BCUT2D eigenvalue weighted by molar-refractivity contribution is -0.118. The Kier molecular flexibility index (Phi) is 7.34. The fourth-order valence-corrected chi connectivity index (χ4v) is 4.02. The van der Waals surface area contributed by atoms with Gasteiger partial charge in [0.2, 0.25) is 0 Å². The number of nitrogens with zero attached hydrogens (tertiary/aromatic N) is 5. The third-order valence-electron chi connectivity index (χ3n) is 5.05. The lowest BCUT2D eigenvalue weighted by Crippen LogP contribution is -2.22. The second-order valence-electron chi connectivity index (χ2n) is 7.50. The fourth-order valence-electron chi connectivity index (χ4n) is 3.27. The summed E-state index contributed by atoms with van der Waals surface area (Å²) in [6.45, 7) is 3.99. The Hall–Kier alpha value is -3.98. The SMILES string of the molecule is CCC(=NNC(=O)CSc1nnc(-c2ccncc2)n1-c1ccc(C)cc1)c1ccc(O)cc1. The van der Waals surface area contributed by atoms with Crippen molar-refractivity contribution in [3.63, 3.8) is 0 Å². The van der Waals surface area contributed by atoms with E-state index in [9.17, 15) is 9.90 Å². The normalized spacial score (nSPS) is 11.4. The first-order valence-corrected chi connectivity index (χ1v) is 11.7. The van der Waals surface area contributed by atoms with E-state index in [2.05, 4.69) is 25.7 Å². The monoisotopic (exact) mass is 472 g/mol. The molecule has 2 N–H and O–H groups in total. The summed E-state index contributed by atoms with van der Waals surface area (Å²) < 4.78 is 1.93. The first kappa shape index (κ1) is 23.2. The summed E-state index contributed by atoms with van der Waals surface area (Å²) in [5.41, 5.74) is 7.12. The average Bonchev–Trinajstić information content (AvgIpc) is 3.29. The van der Waals surface area contributed by atoms with Crippen LogP contribution in [0.5, 0.6) is 5.75 Å². The Balaban J connectivity index is 1.52. The summed E-state index contributed by atoms with van der Waals surface area (Å²) in [4.78, 5) is 16.6. The number of phenolic OH excluding ortho intramolecular Hbond substituents is 1. The maximum atomic E-state index is 12.5. The highest BCUT2D eigenvalue weighted by Gasteiger charge is 2.17. The number of carbonyl (C=O) groups is 1. The van der Waals surface area contributed by atoms with Crippen molar-refractivity contribution >= 4 is 23.4 Å². The number of hydrazone groups is 1. The summed E-state index contributed by atoms with van der Waals surface area (Å²) in [6.07, 6.45) is 4.05. The molecule has 0 aliphatic carbocycles. The van der Waals surface area contributed by atoms with Crippen LogP contribution in [0.15, 0.2) is 83.3 Å². The Morgan fingerprint density at radius 1 is 1.03 bits per heavy atom. The molecule has 0 saturated carbocycles. The van der Waals surface area contributed by atoms with Crippen LogP contribution in [0.4, 0.5) is 0 Å². The molecule has 0 radical (unpaired) electrons. The number of pyridine rings is 1. The van der Waals surface area contributed by atoms with Gasteiger partial charge in [0.05, 0.1) is 11.5 Å². The van der Waals surface area contributed by atoms with Crippen LogP contribution in [0.1, 0.15) is 24.5 Å². The van der Waals surface area contributed by atoms with Crippen molar-refractivity contribution in [3.05, 3.63) is 84.2 Å².